The second kappa shape index (κ2) is 8.33. The number of carbonyl (C=O) groups is 1. The quantitative estimate of drug-likeness (QED) is 0.778. The third kappa shape index (κ3) is 5.14. The predicted molar refractivity (Wildman–Crippen MR) is 71.9 cm³/mol. The first-order chi connectivity index (χ1) is 9.19. The third-order valence-electron chi connectivity index (χ3n) is 2.92. The van der Waals surface area contributed by atoms with Crippen molar-refractivity contribution < 1.29 is 9.21 Å². The molecule has 5 nitrogen and oxygen atoms in total. The number of nitrogens with zero attached hydrogens (tertiary/aromatic N) is 2. The van der Waals surface area contributed by atoms with E-state index in [0.717, 1.165) is 12.8 Å². The first kappa shape index (κ1) is 15.3. The number of unbranched alkanes of at least 4 members (excludes halogenated alkanes) is 1. The van der Waals surface area contributed by atoms with Gasteiger partial charge in [-0.1, -0.05) is 19.8 Å². The van der Waals surface area contributed by atoms with E-state index in [1.54, 1.807) is 17.2 Å². The van der Waals surface area contributed by atoms with Gasteiger partial charge in [0.15, 0.2) is 0 Å². The minimum absolute atomic E-state index is 0.111. The summed E-state index contributed by atoms with van der Waals surface area (Å²) in [6.45, 7) is 2.82. The lowest BCUT2D eigenvalue weighted by atomic mass is 10.1. The number of hydrogen-bond donors (Lipinski definition) is 1. The molecule has 2 N–H and O–H groups in total. The van der Waals surface area contributed by atoms with Crippen LogP contribution in [0.15, 0.2) is 22.8 Å². The van der Waals surface area contributed by atoms with Gasteiger partial charge < -0.3 is 15.1 Å². The normalized spacial score (nSPS) is 11.8. The van der Waals surface area contributed by atoms with E-state index in [-0.39, 0.29) is 5.91 Å². The van der Waals surface area contributed by atoms with Crippen molar-refractivity contribution in [2.24, 2.45) is 5.73 Å². The minimum Gasteiger partial charge on any atom is -0.467 e. The van der Waals surface area contributed by atoms with E-state index in [0.29, 0.717) is 31.7 Å². The average Bonchev–Trinajstić information content (AvgIpc) is 2.92. The molecular formula is C14H21N3O2. The number of rotatable bonds is 8. The van der Waals surface area contributed by atoms with Crippen molar-refractivity contribution in [3.8, 4) is 6.07 Å². The Bertz CT molecular complexity index is 409. The largest absolute Gasteiger partial charge is 0.467 e. The molecule has 0 spiro atoms. The first-order valence-electron chi connectivity index (χ1n) is 6.62. The molecule has 5 heteroatoms. The highest BCUT2D eigenvalue weighted by Gasteiger charge is 2.21. The van der Waals surface area contributed by atoms with E-state index in [9.17, 15) is 4.79 Å². The fourth-order valence-corrected chi connectivity index (χ4v) is 1.82. The highest BCUT2D eigenvalue weighted by Crippen LogP contribution is 2.09. The van der Waals surface area contributed by atoms with Crippen molar-refractivity contribution in [1.82, 2.24) is 4.90 Å². The summed E-state index contributed by atoms with van der Waals surface area (Å²) in [7, 11) is 0. The molecule has 1 aromatic rings. The van der Waals surface area contributed by atoms with Crippen molar-refractivity contribution in [3.63, 3.8) is 0 Å². The number of amides is 1. The lowest BCUT2D eigenvalue weighted by Gasteiger charge is -2.24. The van der Waals surface area contributed by atoms with Crippen LogP contribution in [-0.2, 0) is 11.3 Å². The molecule has 0 fully saturated rings. The van der Waals surface area contributed by atoms with Gasteiger partial charge in [-0.25, -0.2) is 0 Å². The van der Waals surface area contributed by atoms with Crippen LogP contribution in [-0.4, -0.2) is 23.4 Å². The van der Waals surface area contributed by atoms with Gasteiger partial charge in [0.2, 0.25) is 5.91 Å². The number of carbonyl (C=O) groups excluding carboxylic acids is 1. The molecule has 1 heterocycles. The number of furan rings is 1. The Labute approximate surface area is 114 Å². The summed E-state index contributed by atoms with van der Waals surface area (Å²) in [6, 6.07) is 5.14. The molecule has 1 rings (SSSR count). The summed E-state index contributed by atoms with van der Waals surface area (Å²) >= 11 is 0. The van der Waals surface area contributed by atoms with Crippen molar-refractivity contribution in [2.45, 2.75) is 45.2 Å². The Balaban J connectivity index is 2.61. The summed E-state index contributed by atoms with van der Waals surface area (Å²) in [5.41, 5.74) is 5.90. The summed E-state index contributed by atoms with van der Waals surface area (Å²) in [5, 5.41) is 8.66. The molecule has 0 bridgehead atoms. The molecule has 0 aliphatic heterocycles. The molecule has 0 aliphatic carbocycles. The van der Waals surface area contributed by atoms with E-state index in [4.69, 9.17) is 15.4 Å². The van der Waals surface area contributed by atoms with Crippen molar-refractivity contribution in [1.29, 1.82) is 5.26 Å². The first-order valence-corrected chi connectivity index (χ1v) is 6.62. The van der Waals surface area contributed by atoms with Crippen molar-refractivity contribution in [2.75, 3.05) is 6.54 Å². The Hall–Kier alpha value is -1.80. The lowest BCUT2D eigenvalue weighted by Crippen LogP contribution is -2.43. The van der Waals surface area contributed by atoms with Crippen LogP contribution in [0.25, 0.3) is 0 Å². The Kier molecular flexibility index (Phi) is 6.69. The van der Waals surface area contributed by atoms with Gasteiger partial charge in [-0.2, -0.15) is 5.26 Å². The van der Waals surface area contributed by atoms with Gasteiger partial charge in [-0.05, 0) is 18.6 Å². The molecular weight excluding hydrogens is 242 g/mol. The van der Waals surface area contributed by atoms with E-state index < -0.39 is 6.04 Å². The van der Waals surface area contributed by atoms with Crippen molar-refractivity contribution >= 4 is 5.91 Å². The monoisotopic (exact) mass is 263 g/mol. The zero-order valence-corrected chi connectivity index (χ0v) is 11.3. The van der Waals surface area contributed by atoms with Gasteiger partial charge in [-0.3, -0.25) is 4.79 Å². The zero-order valence-electron chi connectivity index (χ0n) is 11.3. The van der Waals surface area contributed by atoms with E-state index in [1.165, 1.54) is 0 Å². The van der Waals surface area contributed by atoms with Crippen LogP contribution in [0.5, 0.6) is 0 Å². The zero-order chi connectivity index (χ0) is 14.1. The second-order valence-corrected chi connectivity index (χ2v) is 4.50. The van der Waals surface area contributed by atoms with Gasteiger partial charge in [0.25, 0.3) is 0 Å². The lowest BCUT2D eigenvalue weighted by molar-refractivity contribution is -0.133. The molecule has 1 amide bonds. The Morgan fingerprint density at radius 1 is 1.63 bits per heavy atom. The van der Waals surface area contributed by atoms with E-state index in [1.807, 2.05) is 12.1 Å². The molecule has 19 heavy (non-hydrogen) atoms. The molecule has 0 radical (unpaired) electrons. The molecule has 1 aromatic heterocycles. The van der Waals surface area contributed by atoms with Crippen LogP contribution >= 0.6 is 0 Å². The van der Waals surface area contributed by atoms with E-state index >= 15 is 0 Å². The van der Waals surface area contributed by atoms with Crippen LogP contribution in [0.3, 0.4) is 0 Å². The summed E-state index contributed by atoms with van der Waals surface area (Å²) < 4.78 is 5.24. The van der Waals surface area contributed by atoms with Crippen LogP contribution in [0.1, 0.15) is 38.4 Å². The van der Waals surface area contributed by atoms with Crippen LogP contribution < -0.4 is 5.73 Å². The van der Waals surface area contributed by atoms with Gasteiger partial charge in [0.05, 0.1) is 31.3 Å². The van der Waals surface area contributed by atoms with Crippen LogP contribution in [0.2, 0.25) is 0 Å². The third-order valence-corrected chi connectivity index (χ3v) is 2.92. The number of nitrogens with two attached hydrogens (primary N) is 1. The smallest absolute Gasteiger partial charge is 0.239 e. The minimum atomic E-state index is -0.492. The SMILES string of the molecule is CCCCC(N)C(=O)N(CCC#N)Cc1ccco1. The van der Waals surface area contributed by atoms with Crippen molar-refractivity contribution in [3.05, 3.63) is 24.2 Å². The highest BCUT2D eigenvalue weighted by molar-refractivity contribution is 5.81. The predicted octanol–water partition coefficient (Wildman–Crippen LogP) is 2.04. The second-order valence-electron chi connectivity index (χ2n) is 4.50. The Morgan fingerprint density at radius 2 is 2.42 bits per heavy atom. The van der Waals surface area contributed by atoms with Gasteiger partial charge in [0, 0.05) is 6.54 Å². The number of nitriles is 1. The Morgan fingerprint density at radius 3 is 3.00 bits per heavy atom. The molecule has 0 saturated heterocycles. The maximum Gasteiger partial charge on any atom is 0.239 e. The fourth-order valence-electron chi connectivity index (χ4n) is 1.82. The topological polar surface area (TPSA) is 83.3 Å². The van der Waals surface area contributed by atoms with Gasteiger partial charge in [-0.15, -0.1) is 0 Å². The van der Waals surface area contributed by atoms with Gasteiger partial charge in [0.1, 0.15) is 5.76 Å². The van der Waals surface area contributed by atoms with Gasteiger partial charge >= 0.3 is 0 Å². The van der Waals surface area contributed by atoms with Crippen LogP contribution in [0, 0.1) is 11.3 Å². The molecule has 104 valence electrons. The summed E-state index contributed by atoms with van der Waals surface area (Å²) in [4.78, 5) is 13.8. The standard InChI is InChI=1S/C14H21N3O2/c1-2-3-7-13(16)14(18)17(9-5-8-15)11-12-6-4-10-19-12/h4,6,10,13H,2-3,5,7,9,11,16H2,1H3. The fraction of sp³-hybridized carbons (Fsp3) is 0.571. The maximum atomic E-state index is 12.2. The van der Waals surface area contributed by atoms with E-state index in [2.05, 4.69) is 6.92 Å². The molecule has 1 unspecified atom stereocenters. The average molecular weight is 263 g/mol. The summed E-state index contributed by atoms with van der Waals surface area (Å²) in [5.74, 6) is 0.592. The molecule has 0 aromatic carbocycles. The molecule has 1 atom stereocenters. The molecule has 0 saturated carbocycles. The maximum absolute atomic E-state index is 12.2. The molecule has 0 aliphatic rings. The highest BCUT2D eigenvalue weighted by atomic mass is 16.3. The van der Waals surface area contributed by atoms with Crippen LogP contribution in [0.4, 0.5) is 0 Å². The summed E-state index contributed by atoms with van der Waals surface area (Å²) in [6.07, 6.45) is 4.49. The number of hydrogen-bond acceptors (Lipinski definition) is 4.